The number of nitrogen functional groups attached to an aromatic ring is 1. The molecule has 0 amide bonds. The van der Waals surface area contributed by atoms with Crippen molar-refractivity contribution in [1.82, 2.24) is 0 Å². The van der Waals surface area contributed by atoms with E-state index < -0.39 is 5.82 Å². The summed E-state index contributed by atoms with van der Waals surface area (Å²) in [7, 11) is 0. The molecule has 0 atom stereocenters. The summed E-state index contributed by atoms with van der Waals surface area (Å²) < 4.78 is 13.2. The summed E-state index contributed by atoms with van der Waals surface area (Å²) in [5.41, 5.74) is 5.52. The third-order valence-electron chi connectivity index (χ3n) is 1.58. The van der Waals surface area contributed by atoms with Crippen LogP contribution in [-0.2, 0) is 0 Å². The Morgan fingerprint density at radius 3 is 2.71 bits per heavy atom. The molecule has 0 aromatic heterocycles. The first-order valence-corrected chi connectivity index (χ1v) is 3.96. The summed E-state index contributed by atoms with van der Waals surface area (Å²) in [6.45, 7) is 0. The van der Waals surface area contributed by atoms with Gasteiger partial charge in [0.25, 0.3) is 0 Å². The van der Waals surface area contributed by atoms with Crippen molar-refractivity contribution in [3.05, 3.63) is 23.0 Å². The van der Waals surface area contributed by atoms with Crippen molar-refractivity contribution in [1.29, 1.82) is 0 Å². The first-order valence-electron chi connectivity index (χ1n) is 3.58. The van der Waals surface area contributed by atoms with Gasteiger partial charge >= 0.3 is 0 Å². The third kappa shape index (κ3) is 1.86. The Labute approximate surface area is 84.9 Å². The highest BCUT2D eigenvalue weighted by Crippen LogP contribution is 2.28. The van der Waals surface area contributed by atoms with Crippen LogP contribution in [0, 0.1) is 5.82 Å². The van der Waals surface area contributed by atoms with Gasteiger partial charge in [-0.15, -0.1) is 0 Å². The van der Waals surface area contributed by atoms with Crippen LogP contribution in [0.15, 0.2) is 17.2 Å². The fraction of sp³-hybridized carbons (Fsp3) is 0. The molecule has 5 nitrogen and oxygen atoms in total. The van der Waals surface area contributed by atoms with Gasteiger partial charge in [-0.3, -0.25) is 5.01 Å². The van der Waals surface area contributed by atoms with Crippen LogP contribution in [0.3, 0.4) is 0 Å². The van der Waals surface area contributed by atoms with Crippen LogP contribution in [0.2, 0.25) is 5.02 Å². The van der Waals surface area contributed by atoms with E-state index >= 15 is 0 Å². The third-order valence-corrected chi connectivity index (χ3v) is 1.87. The number of anilines is 2. The van der Waals surface area contributed by atoms with E-state index in [-0.39, 0.29) is 16.4 Å². The monoisotopic (exact) mass is 217 g/mol. The van der Waals surface area contributed by atoms with E-state index in [1.807, 2.05) is 0 Å². The second-order valence-electron chi connectivity index (χ2n) is 2.47. The second kappa shape index (κ2) is 4.12. The molecule has 14 heavy (non-hydrogen) atoms. The number of hydrazone groups is 1. The number of nitrogens with zero attached hydrogens (tertiary/aromatic N) is 2. The molecule has 0 radical (unpaired) electrons. The van der Waals surface area contributed by atoms with Crippen molar-refractivity contribution in [2.75, 3.05) is 10.7 Å². The first-order chi connectivity index (χ1) is 6.57. The van der Waals surface area contributed by atoms with Gasteiger partial charge in [0.15, 0.2) is 5.82 Å². The van der Waals surface area contributed by atoms with Crippen LogP contribution in [0.5, 0.6) is 0 Å². The molecule has 6 N–H and O–H groups in total. The zero-order chi connectivity index (χ0) is 10.7. The van der Waals surface area contributed by atoms with Crippen molar-refractivity contribution in [3.8, 4) is 0 Å². The summed E-state index contributed by atoms with van der Waals surface area (Å²) in [5.74, 6) is 9.59. The van der Waals surface area contributed by atoms with E-state index in [0.717, 1.165) is 11.3 Å². The minimum absolute atomic E-state index is 0.0654. The molecule has 0 unspecified atom stereocenters. The average molecular weight is 218 g/mol. The van der Waals surface area contributed by atoms with Crippen molar-refractivity contribution in [2.24, 2.45) is 16.8 Å². The van der Waals surface area contributed by atoms with Crippen molar-refractivity contribution < 1.29 is 4.39 Å². The normalized spacial score (nSPS) is 10.8. The van der Waals surface area contributed by atoms with E-state index in [0.29, 0.717) is 0 Å². The van der Waals surface area contributed by atoms with E-state index in [4.69, 9.17) is 29.0 Å². The highest BCUT2D eigenvalue weighted by atomic mass is 35.5. The quantitative estimate of drug-likeness (QED) is 0.223. The summed E-state index contributed by atoms with van der Waals surface area (Å²) >= 11 is 5.50. The molecule has 7 heteroatoms. The number of benzene rings is 1. The van der Waals surface area contributed by atoms with Gasteiger partial charge < -0.3 is 11.6 Å². The summed E-state index contributed by atoms with van der Waals surface area (Å²) in [6.07, 6.45) is 1.10. The Bertz CT molecular complexity index is 367. The molecule has 1 aromatic carbocycles. The largest absolute Gasteiger partial charge is 0.395 e. The lowest BCUT2D eigenvalue weighted by molar-refractivity contribution is 0.633. The number of halogens is 2. The standard InChI is InChI=1S/C7H9ClFN5/c8-4-1-2-5(7(10)6(4)9)14(12)3-13-11/h1-3H,10-12H2/b13-3-. The second-order valence-corrected chi connectivity index (χ2v) is 2.87. The van der Waals surface area contributed by atoms with Gasteiger partial charge in [-0.05, 0) is 12.1 Å². The SMILES string of the molecule is N/N=C\N(N)c1ccc(Cl)c(F)c1N. The van der Waals surface area contributed by atoms with Gasteiger partial charge in [0.2, 0.25) is 0 Å². The molecule has 1 rings (SSSR count). The van der Waals surface area contributed by atoms with Crippen LogP contribution in [0.1, 0.15) is 0 Å². The minimum atomic E-state index is -0.718. The van der Waals surface area contributed by atoms with Crippen LogP contribution < -0.4 is 22.4 Å². The van der Waals surface area contributed by atoms with Gasteiger partial charge in [-0.25, -0.2) is 10.2 Å². The summed E-state index contributed by atoms with van der Waals surface area (Å²) in [6, 6.07) is 2.80. The van der Waals surface area contributed by atoms with Gasteiger partial charge in [0, 0.05) is 0 Å². The number of hydrogen-bond donors (Lipinski definition) is 3. The topological polar surface area (TPSA) is 93.7 Å². The molecule has 0 saturated heterocycles. The van der Waals surface area contributed by atoms with Crippen LogP contribution in [0.4, 0.5) is 15.8 Å². The molecule has 0 fully saturated rings. The smallest absolute Gasteiger partial charge is 0.166 e. The number of hydrazine groups is 1. The first kappa shape index (κ1) is 10.6. The van der Waals surface area contributed by atoms with E-state index in [2.05, 4.69) is 5.10 Å². The Hall–Kier alpha value is -1.53. The predicted octanol–water partition coefficient (Wildman–Crippen LogP) is 0.643. The van der Waals surface area contributed by atoms with Crippen molar-refractivity contribution >= 4 is 29.3 Å². The average Bonchev–Trinajstić information content (AvgIpc) is 2.15. The van der Waals surface area contributed by atoms with Crippen molar-refractivity contribution in [3.63, 3.8) is 0 Å². The number of hydrogen-bond acceptors (Lipinski definition) is 4. The highest BCUT2D eigenvalue weighted by Gasteiger charge is 2.11. The molecule has 0 heterocycles. The summed E-state index contributed by atoms with van der Waals surface area (Å²) in [4.78, 5) is 0. The lowest BCUT2D eigenvalue weighted by Crippen LogP contribution is -2.30. The Morgan fingerprint density at radius 1 is 1.50 bits per heavy atom. The predicted molar refractivity (Wildman–Crippen MR) is 55.2 cm³/mol. The highest BCUT2D eigenvalue weighted by molar-refractivity contribution is 6.31. The number of rotatable bonds is 2. The molecule has 1 aromatic rings. The molecule has 0 spiro atoms. The maximum absolute atomic E-state index is 13.2. The van der Waals surface area contributed by atoms with Crippen LogP contribution in [0.25, 0.3) is 0 Å². The summed E-state index contributed by atoms with van der Waals surface area (Å²) in [5, 5.41) is 4.10. The van der Waals surface area contributed by atoms with E-state index in [1.54, 1.807) is 0 Å². The number of nitrogens with two attached hydrogens (primary N) is 3. The van der Waals surface area contributed by atoms with Crippen molar-refractivity contribution in [2.45, 2.75) is 0 Å². The maximum Gasteiger partial charge on any atom is 0.166 e. The Morgan fingerprint density at radius 2 is 2.14 bits per heavy atom. The Balaban J connectivity index is 3.17. The van der Waals surface area contributed by atoms with Gasteiger partial charge in [-0.1, -0.05) is 11.6 Å². The minimum Gasteiger partial charge on any atom is -0.395 e. The van der Waals surface area contributed by atoms with Gasteiger partial charge in [0.1, 0.15) is 6.34 Å². The molecule has 0 aliphatic rings. The molecular formula is C7H9ClFN5. The van der Waals surface area contributed by atoms with Gasteiger partial charge in [0.05, 0.1) is 16.4 Å². The van der Waals surface area contributed by atoms with Crippen LogP contribution >= 0.6 is 11.6 Å². The van der Waals surface area contributed by atoms with Crippen LogP contribution in [-0.4, -0.2) is 6.34 Å². The molecule has 0 saturated carbocycles. The molecular weight excluding hydrogens is 209 g/mol. The van der Waals surface area contributed by atoms with Gasteiger partial charge in [-0.2, -0.15) is 5.10 Å². The maximum atomic E-state index is 13.2. The molecule has 76 valence electrons. The Kier molecular flexibility index (Phi) is 3.10. The molecule has 0 bridgehead atoms. The zero-order valence-corrected chi connectivity index (χ0v) is 7.87. The molecule has 0 aliphatic carbocycles. The lowest BCUT2D eigenvalue weighted by Gasteiger charge is -2.15. The molecule has 0 aliphatic heterocycles. The zero-order valence-electron chi connectivity index (χ0n) is 7.11. The van der Waals surface area contributed by atoms with E-state index in [9.17, 15) is 4.39 Å². The van der Waals surface area contributed by atoms with E-state index in [1.165, 1.54) is 12.1 Å². The lowest BCUT2D eigenvalue weighted by atomic mass is 10.2. The fourth-order valence-electron chi connectivity index (χ4n) is 0.915. The fourth-order valence-corrected chi connectivity index (χ4v) is 1.08.